The Hall–Kier alpha value is -3.39. The molecule has 0 spiro atoms. The Labute approximate surface area is 177 Å². The van der Waals surface area contributed by atoms with Crippen molar-refractivity contribution >= 4 is 46.0 Å². The maximum Gasteiger partial charge on any atom is 0.271 e. The summed E-state index contributed by atoms with van der Waals surface area (Å²) in [5.41, 5.74) is 6.43. The number of hydrazine groups is 1. The minimum Gasteiger partial charge on any atom is -0.312 e. The van der Waals surface area contributed by atoms with Gasteiger partial charge in [-0.05, 0) is 43.7 Å². The van der Waals surface area contributed by atoms with Crippen molar-refractivity contribution in [3.8, 4) is 0 Å². The molecule has 0 atom stereocenters. The molecule has 30 heavy (non-hydrogen) atoms. The molecule has 1 saturated heterocycles. The molecule has 0 bridgehead atoms. The maximum absolute atomic E-state index is 12.9. The van der Waals surface area contributed by atoms with Crippen LogP contribution in [0.15, 0.2) is 47.3 Å². The van der Waals surface area contributed by atoms with Crippen LogP contribution >= 0.6 is 11.6 Å². The minimum absolute atomic E-state index is 0.0460. The molecule has 2 aromatic carbocycles. The van der Waals surface area contributed by atoms with Crippen LogP contribution in [0.1, 0.15) is 30.1 Å². The third kappa shape index (κ3) is 3.61. The standard InChI is InChI=1S/C21H20ClN5O3/c1-2-26-20(30)14-6-3-4-7-16(14)23-21(26)25-24-19(29)15-10-9-13(22)12-17(15)27-11-5-8-18(27)28/h3-4,6-7,9-10,12H,2,5,8,11H2,1H3,(H,23,25)(H,24,29). The Morgan fingerprint density at radius 2 is 2.00 bits per heavy atom. The Balaban J connectivity index is 1.63. The van der Waals surface area contributed by atoms with Gasteiger partial charge in [-0.15, -0.1) is 0 Å². The molecule has 1 aromatic heterocycles. The van der Waals surface area contributed by atoms with Crippen LogP contribution < -0.4 is 21.3 Å². The van der Waals surface area contributed by atoms with Crippen LogP contribution in [0.5, 0.6) is 0 Å². The van der Waals surface area contributed by atoms with Crippen LogP contribution in [0.25, 0.3) is 10.9 Å². The van der Waals surface area contributed by atoms with Gasteiger partial charge < -0.3 is 4.90 Å². The van der Waals surface area contributed by atoms with E-state index in [0.29, 0.717) is 46.7 Å². The molecule has 2 amide bonds. The number of fused-ring (bicyclic) bond motifs is 1. The van der Waals surface area contributed by atoms with Crippen LogP contribution in [0, 0.1) is 0 Å². The third-order valence-electron chi connectivity index (χ3n) is 5.03. The quantitative estimate of drug-likeness (QED) is 0.612. The molecule has 4 rings (SSSR count). The molecular weight excluding hydrogens is 406 g/mol. The Kier molecular flexibility index (Phi) is 5.41. The van der Waals surface area contributed by atoms with Crippen molar-refractivity contribution in [2.45, 2.75) is 26.3 Å². The number of anilines is 2. The molecule has 2 heterocycles. The van der Waals surface area contributed by atoms with Gasteiger partial charge in [-0.25, -0.2) is 4.98 Å². The number of carbonyl (C=O) groups excluding carboxylic acids is 2. The zero-order valence-corrected chi connectivity index (χ0v) is 17.1. The lowest BCUT2D eigenvalue weighted by Gasteiger charge is -2.20. The summed E-state index contributed by atoms with van der Waals surface area (Å²) in [6, 6.07) is 11.8. The van der Waals surface area contributed by atoms with E-state index in [9.17, 15) is 14.4 Å². The molecule has 1 fully saturated rings. The highest BCUT2D eigenvalue weighted by Gasteiger charge is 2.26. The summed E-state index contributed by atoms with van der Waals surface area (Å²) in [4.78, 5) is 43.8. The number of hydrogen-bond acceptors (Lipinski definition) is 5. The van der Waals surface area contributed by atoms with Gasteiger partial charge in [0, 0.05) is 24.5 Å². The molecule has 0 radical (unpaired) electrons. The number of halogens is 1. The van der Waals surface area contributed by atoms with Crippen molar-refractivity contribution in [1.29, 1.82) is 0 Å². The van der Waals surface area contributed by atoms with Gasteiger partial charge in [-0.3, -0.25) is 29.8 Å². The highest BCUT2D eigenvalue weighted by atomic mass is 35.5. The zero-order chi connectivity index (χ0) is 21.3. The van der Waals surface area contributed by atoms with Crippen LogP contribution in [-0.4, -0.2) is 27.9 Å². The molecule has 154 valence electrons. The maximum atomic E-state index is 12.9. The van der Waals surface area contributed by atoms with Crippen molar-refractivity contribution < 1.29 is 9.59 Å². The topological polar surface area (TPSA) is 96.3 Å². The summed E-state index contributed by atoms with van der Waals surface area (Å²) in [5, 5.41) is 0.939. The van der Waals surface area contributed by atoms with E-state index < -0.39 is 5.91 Å². The first kappa shape index (κ1) is 19.9. The first-order chi connectivity index (χ1) is 14.5. The molecule has 1 aliphatic heterocycles. The van der Waals surface area contributed by atoms with Gasteiger partial charge in [0.25, 0.3) is 11.5 Å². The van der Waals surface area contributed by atoms with Crippen molar-refractivity contribution in [3.05, 3.63) is 63.4 Å². The predicted octanol–water partition coefficient (Wildman–Crippen LogP) is 2.95. The second kappa shape index (κ2) is 8.16. The third-order valence-corrected chi connectivity index (χ3v) is 5.27. The summed E-state index contributed by atoms with van der Waals surface area (Å²) in [6.45, 7) is 2.74. The second-order valence-electron chi connectivity index (χ2n) is 6.89. The normalized spacial score (nSPS) is 13.7. The molecule has 1 aliphatic rings. The SMILES string of the molecule is CCn1c(NNC(=O)c2ccc(Cl)cc2N2CCCC2=O)nc2ccccc2c1=O. The average Bonchev–Trinajstić information content (AvgIpc) is 3.18. The van der Waals surface area contributed by atoms with Crippen molar-refractivity contribution in [2.75, 3.05) is 16.9 Å². The van der Waals surface area contributed by atoms with E-state index in [0.717, 1.165) is 6.42 Å². The van der Waals surface area contributed by atoms with Crippen molar-refractivity contribution in [1.82, 2.24) is 15.0 Å². The lowest BCUT2D eigenvalue weighted by molar-refractivity contribution is -0.117. The number of aromatic nitrogens is 2. The Morgan fingerprint density at radius 3 is 2.73 bits per heavy atom. The first-order valence-corrected chi connectivity index (χ1v) is 10.0. The number of nitrogens with zero attached hydrogens (tertiary/aromatic N) is 3. The van der Waals surface area contributed by atoms with E-state index in [2.05, 4.69) is 15.8 Å². The van der Waals surface area contributed by atoms with Crippen LogP contribution in [0.2, 0.25) is 5.02 Å². The van der Waals surface area contributed by atoms with Crippen LogP contribution in [0.3, 0.4) is 0 Å². The fourth-order valence-corrected chi connectivity index (χ4v) is 3.73. The summed E-state index contributed by atoms with van der Waals surface area (Å²) in [5.74, 6) is -0.288. The molecule has 8 nitrogen and oxygen atoms in total. The van der Waals surface area contributed by atoms with Gasteiger partial charge in [0.05, 0.1) is 22.2 Å². The van der Waals surface area contributed by atoms with Gasteiger partial charge in [-0.2, -0.15) is 0 Å². The van der Waals surface area contributed by atoms with E-state index in [-0.39, 0.29) is 17.4 Å². The minimum atomic E-state index is -0.466. The summed E-state index contributed by atoms with van der Waals surface area (Å²) < 4.78 is 1.44. The largest absolute Gasteiger partial charge is 0.312 e. The summed E-state index contributed by atoms with van der Waals surface area (Å²) >= 11 is 6.10. The molecule has 0 saturated carbocycles. The zero-order valence-electron chi connectivity index (χ0n) is 16.3. The summed E-state index contributed by atoms with van der Waals surface area (Å²) in [6.07, 6.45) is 1.17. The lowest BCUT2D eigenvalue weighted by atomic mass is 10.1. The number of para-hydroxylation sites is 1. The van der Waals surface area contributed by atoms with Gasteiger partial charge in [0.1, 0.15) is 0 Å². The fraction of sp³-hybridized carbons (Fsp3) is 0.238. The van der Waals surface area contributed by atoms with Gasteiger partial charge in [0.2, 0.25) is 11.9 Å². The number of hydrogen-bond donors (Lipinski definition) is 2. The fourth-order valence-electron chi connectivity index (χ4n) is 3.56. The number of rotatable bonds is 5. The van der Waals surface area contributed by atoms with E-state index in [1.165, 1.54) is 4.57 Å². The Morgan fingerprint density at radius 1 is 1.20 bits per heavy atom. The monoisotopic (exact) mass is 425 g/mol. The van der Waals surface area contributed by atoms with Crippen LogP contribution in [0.4, 0.5) is 11.6 Å². The molecule has 9 heteroatoms. The lowest BCUT2D eigenvalue weighted by Crippen LogP contribution is -2.35. The van der Waals surface area contributed by atoms with E-state index in [4.69, 9.17) is 11.6 Å². The van der Waals surface area contributed by atoms with Gasteiger partial charge in [0.15, 0.2) is 0 Å². The van der Waals surface area contributed by atoms with E-state index in [1.54, 1.807) is 47.4 Å². The number of carbonyl (C=O) groups is 2. The Bertz CT molecular complexity index is 1210. The predicted molar refractivity (Wildman–Crippen MR) is 116 cm³/mol. The average molecular weight is 426 g/mol. The smallest absolute Gasteiger partial charge is 0.271 e. The highest BCUT2D eigenvalue weighted by Crippen LogP contribution is 2.28. The van der Waals surface area contributed by atoms with Crippen molar-refractivity contribution in [2.24, 2.45) is 0 Å². The van der Waals surface area contributed by atoms with E-state index in [1.807, 2.05) is 6.92 Å². The molecule has 0 unspecified atom stereocenters. The molecule has 0 aliphatic carbocycles. The van der Waals surface area contributed by atoms with Crippen LogP contribution in [-0.2, 0) is 11.3 Å². The highest BCUT2D eigenvalue weighted by molar-refractivity contribution is 6.31. The second-order valence-corrected chi connectivity index (χ2v) is 7.33. The number of nitrogens with one attached hydrogen (secondary N) is 2. The number of amides is 2. The van der Waals surface area contributed by atoms with Crippen molar-refractivity contribution in [3.63, 3.8) is 0 Å². The molecule has 3 aromatic rings. The van der Waals surface area contributed by atoms with Gasteiger partial charge >= 0.3 is 0 Å². The first-order valence-electron chi connectivity index (χ1n) is 9.65. The molecular formula is C21H20ClN5O3. The summed E-state index contributed by atoms with van der Waals surface area (Å²) in [7, 11) is 0. The van der Waals surface area contributed by atoms with Gasteiger partial charge in [-0.1, -0.05) is 23.7 Å². The van der Waals surface area contributed by atoms with E-state index >= 15 is 0 Å². The number of benzene rings is 2. The molecule has 2 N–H and O–H groups in total.